The maximum absolute atomic E-state index is 12.7. The van der Waals surface area contributed by atoms with Gasteiger partial charge in [0.1, 0.15) is 5.69 Å². The van der Waals surface area contributed by atoms with Crippen molar-refractivity contribution in [3.05, 3.63) is 66.6 Å². The highest BCUT2D eigenvalue weighted by Gasteiger charge is 2.22. The van der Waals surface area contributed by atoms with Crippen molar-refractivity contribution in [3.8, 4) is 22.9 Å². The number of nitrogens with zero attached hydrogens (tertiary/aromatic N) is 3. The van der Waals surface area contributed by atoms with Crippen LogP contribution in [0.2, 0.25) is 0 Å². The zero-order valence-electron chi connectivity index (χ0n) is 16.3. The van der Waals surface area contributed by atoms with Crippen LogP contribution in [0.3, 0.4) is 0 Å². The molecule has 0 bridgehead atoms. The van der Waals surface area contributed by atoms with Gasteiger partial charge in [0.15, 0.2) is 17.2 Å². The zero-order valence-corrected chi connectivity index (χ0v) is 17.1. The third-order valence-electron chi connectivity index (χ3n) is 4.28. The predicted molar refractivity (Wildman–Crippen MR) is 114 cm³/mol. The number of rotatable bonds is 7. The Bertz CT molecular complexity index is 1210. The highest BCUT2D eigenvalue weighted by molar-refractivity contribution is 8.00. The lowest BCUT2D eigenvalue weighted by Crippen LogP contribution is -2.25. The Balaban J connectivity index is 1.56. The molecule has 0 spiro atoms. The fraction of sp³-hybridized carbons (Fsp3) is 0.0952. The summed E-state index contributed by atoms with van der Waals surface area (Å²) in [6.07, 6.45) is 3.06. The molecule has 3 heterocycles. The monoisotopic (exact) mass is 435 g/mol. The maximum atomic E-state index is 12.7. The lowest BCUT2D eigenvalue weighted by molar-refractivity contribution is -0.115. The minimum Gasteiger partial charge on any atom is -0.463 e. The molecule has 1 aromatic carbocycles. The summed E-state index contributed by atoms with van der Waals surface area (Å²) < 4.78 is 10.9. The maximum Gasteiger partial charge on any atom is 0.250 e. The Kier molecular flexibility index (Phi) is 5.80. The van der Waals surface area contributed by atoms with Crippen molar-refractivity contribution >= 4 is 29.3 Å². The second kappa shape index (κ2) is 8.84. The number of nitrogens with two attached hydrogens (primary N) is 1. The van der Waals surface area contributed by atoms with E-state index in [0.717, 1.165) is 11.8 Å². The molecule has 0 saturated heterocycles. The van der Waals surface area contributed by atoms with Gasteiger partial charge in [0, 0.05) is 0 Å². The van der Waals surface area contributed by atoms with Crippen LogP contribution in [0, 0.1) is 0 Å². The van der Waals surface area contributed by atoms with E-state index in [1.807, 2.05) is 0 Å². The molecule has 10 heteroatoms. The number of nitrogens with one attached hydrogen (secondary N) is 1. The number of aromatic nitrogens is 3. The third-order valence-corrected chi connectivity index (χ3v) is 5.23. The molecular weight excluding hydrogens is 418 g/mol. The Morgan fingerprint density at radius 1 is 0.968 bits per heavy atom. The molecule has 9 nitrogen and oxygen atoms in total. The van der Waals surface area contributed by atoms with Crippen LogP contribution in [-0.4, -0.2) is 32.2 Å². The number of hydrogen-bond donors (Lipinski definition) is 2. The van der Waals surface area contributed by atoms with Gasteiger partial charge in [-0.1, -0.05) is 23.9 Å². The summed E-state index contributed by atoms with van der Waals surface area (Å²) in [6, 6.07) is 13.5. The average molecular weight is 435 g/mol. The molecule has 0 saturated carbocycles. The van der Waals surface area contributed by atoms with Gasteiger partial charge in [0.25, 0.3) is 5.91 Å². The zero-order chi connectivity index (χ0) is 21.8. The fourth-order valence-electron chi connectivity index (χ4n) is 2.78. The second-order valence-electron chi connectivity index (χ2n) is 6.41. The fourth-order valence-corrected chi connectivity index (χ4v) is 3.49. The molecule has 0 aliphatic carbocycles. The first kappa shape index (κ1) is 20.4. The van der Waals surface area contributed by atoms with Gasteiger partial charge in [-0.2, -0.15) is 0 Å². The SMILES string of the molecule is CC(Sc1nnc(-c2ccco2)c(-c2ccco2)n1)C(=O)Nc1ccccc1C(N)=O. The molecule has 2 amide bonds. The normalized spacial score (nSPS) is 11.8. The van der Waals surface area contributed by atoms with Crippen molar-refractivity contribution in [2.24, 2.45) is 5.73 Å². The van der Waals surface area contributed by atoms with E-state index in [1.54, 1.807) is 55.5 Å². The molecule has 3 aromatic heterocycles. The number of carbonyl (C=O) groups excluding carboxylic acids is 2. The van der Waals surface area contributed by atoms with Crippen molar-refractivity contribution in [1.82, 2.24) is 15.2 Å². The van der Waals surface area contributed by atoms with Gasteiger partial charge in [-0.05, 0) is 43.3 Å². The van der Waals surface area contributed by atoms with E-state index in [9.17, 15) is 9.59 Å². The van der Waals surface area contributed by atoms with Crippen LogP contribution < -0.4 is 11.1 Å². The molecule has 4 aromatic rings. The van der Waals surface area contributed by atoms with Crippen molar-refractivity contribution < 1.29 is 18.4 Å². The van der Waals surface area contributed by atoms with Gasteiger partial charge >= 0.3 is 0 Å². The number of amides is 2. The number of primary amides is 1. The summed E-state index contributed by atoms with van der Waals surface area (Å²) in [5.41, 5.74) is 6.82. The minimum atomic E-state index is -0.625. The Hall–Kier alpha value is -3.92. The smallest absolute Gasteiger partial charge is 0.250 e. The molecule has 0 aliphatic rings. The van der Waals surface area contributed by atoms with Crippen LogP contribution in [0.1, 0.15) is 17.3 Å². The quantitative estimate of drug-likeness (QED) is 0.420. The molecule has 0 radical (unpaired) electrons. The number of anilines is 1. The molecule has 156 valence electrons. The number of carbonyl (C=O) groups is 2. The first-order valence-electron chi connectivity index (χ1n) is 9.21. The van der Waals surface area contributed by atoms with E-state index in [1.165, 1.54) is 12.5 Å². The molecule has 31 heavy (non-hydrogen) atoms. The van der Waals surface area contributed by atoms with Crippen LogP contribution in [0.25, 0.3) is 22.9 Å². The standard InChI is InChI=1S/C21H17N5O4S/c1-12(20(28)23-14-7-3-2-6-13(14)19(22)27)31-21-24-17(15-8-4-10-29-15)18(25-26-21)16-9-5-11-30-16/h2-12H,1H3,(H2,22,27)(H,23,28). The minimum absolute atomic E-state index is 0.230. The Labute approximate surface area is 181 Å². The third kappa shape index (κ3) is 4.48. The number of furan rings is 2. The van der Waals surface area contributed by atoms with E-state index in [0.29, 0.717) is 28.6 Å². The largest absolute Gasteiger partial charge is 0.463 e. The molecular formula is C21H17N5O4S. The van der Waals surface area contributed by atoms with Gasteiger partial charge in [-0.3, -0.25) is 9.59 Å². The van der Waals surface area contributed by atoms with Gasteiger partial charge < -0.3 is 19.9 Å². The van der Waals surface area contributed by atoms with E-state index in [-0.39, 0.29) is 16.6 Å². The summed E-state index contributed by atoms with van der Waals surface area (Å²) in [6.45, 7) is 1.70. The van der Waals surface area contributed by atoms with Gasteiger partial charge in [0.2, 0.25) is 11.1 Å². The summed E-state index contributed by atoms with van der Waals surface area (Å²) in [5.74, 6) is 0.0322. The van der Waals surface area contributed by atoms with Gasteiger partial charge in [0.05, 0.1) is 29.0 Å². The molecule has 0 fully saturated rings. The van der Waals surface area contributed by atoms with Crippen molar-refractivity contribution in [3.63, 3.8) is 0 Å². The second-order valence-corrected chi connectivity index (χ2v) is 7.71. The molecule has 3 N–H and O–H groups in total. The van der Waals surface area contributed by atoms with Crippen LogP contribution in [-0.2, 0) is 4.79 Å². The lowest BCUT2D eigenvalue weighted by atomic mass is 10.1. The average Bonchev–Trinajstić information content (AvgIpc) is 3.48. The van der Waals surface area contributed by atoms with Crippen LogP contribution in [0.15, 0.2) is 75.0 Å². The van der Waals surface area contributed by atoms with Gasteiger partial charge in [-0.15, -0.1) is 10.2 Å². The van der Waals surface area contributed by atoms with Crippen molar-refractivity contribution in [2.75, 3.05) is 5.32 Å². The van der Waals surface area contributed by atoms with Crippen LogP contribution in [0.5, 0.6) is 0 Å². The van der Waals surface area contributed by atoms with Crippen LogP contribution in [0.4, 0.5) is 5.69 Å². The first-order chi connectivity index (χ1) is 15.0. The van der Waals surface area contributed by atoms with Crippen molar-refractivity contribution in [1.29, 1.82) is 0 Å². The summed E-state index contributed by atoms with van der Waals surface area (Å²) in [7, 11) is 0. The number of hydrogen-bond acceptors (Lipinski definition) is 8. The number of thioether (sulfide) groups is 1. The van der Waals surface area contributed by atoms with E-state index < -0.39 is 11.2 Å². The number of para-hydroxylation sites is 1. The summed E-state index contributed by atoms with van der Waals surface area (Å²) in [4.78, 5) is 28.8. The van der Waals surface area contributed by atoms with E-state index in [4.69, 9.17) is 14.6 Å². The van der Waals surface area contributed by atoms with Crippen molar-refractivity contribution in [2.45, 2.75) is 17.3 Å². The molecule has 0 aliphatic heterocycles. The first-order valence-corrected chi connectivity index (χ1v) is 10.1. The Morgan fingerprint density at radius 2 is 1.65 bits per heavy atom. The summed E-state index contributed by atoms with van der Waals surface area (Å²) >= 11 is 1.12. The van der Waals surface area contributed by atoms with Crippen LogP contribution >= 0.6 is 11.8 Å². The summed E-state index contributed by atoms with van der Waals surface area (Å²) in [5, 5.41) is 10.8. The lowest BCUT2D eigenvalue weighted by Gasteiger charge is -2.13. The highest BCUT2D eigenvalue weighted by atomic mass is 32.2. The predicted octanol–water partition coefficient (Wildman–Crippen LogP) is 3.61. The highest BCUT2D eigenvalue weighted by Crippen LogP contribution is 2.31. The molecule has 4 rings (SSSR count). The molecule has 1 atom stereocenters. The molecule has 1 unspecified atom stereocenters. The topological polar surface area (TPSA) is 137 Å². The van der Waals surface area contributed by atoms with E-state index in [2.05, 4.69) is 20.5 Å². The Morgan fingerprint density at radius 3 is 2.29 bits per heavy atom. The number of benzene rings is 1. The van der Waals surface area contributed by atoms with Gasteiger partial charge in [-0.25, -0.2) is 4.98 Å². The van der Waals surface area contributed by atoms with E-state index >= 15 is 0 Å².